The molecular weight excluding hydrogens is 657 g/mol. The minimum atomic E-state index is -5.00. The van der Waals surface area contributed by atoms with Crippen molar-refractivity contribution in [1.82, 2.24) is 19.1 Å². The van der Waals surface area contributed by atoms with Crippen molar-refractivity contribution in [3.05, 3.63) is 53.1 Å². The molecule has 4 unspecified atom stereocenters. The lowest BCUT2D eigenvalue weighted by Gasteiger charge is -2.51. The largest absolute Gasteiger partial charge is 0.497 e. The first-order valence-corrected chi connectivity index (χ1v) is 18.9. The van der Waals surface area contributed by atoms with Gasteiger partial charge in [-0.3, -0.25) is 14.5 Å². The molecule has 4 aliphatic heterocycles. The van der Waals surface area contributed by atoms with Gasteiger partial charge in [-0.15, -0.1) is 0 Å². The first-order valence-electron chi connectivity index (χ1n) is 17.3. The lowest BCUT2D eigenvalue weighted by molar-refractivity contribution is -0.147. The van der Waals surface area contributed by atoms with Gasteiger partial charge < -0.3 is 14.2 Å². The van der Waals surface area contributed by atoms with Crippen LogP contribution >= 0.6 is 0 Å². The number of fused-ring (bicyclic) bond motifs is 10. The number of benzene rings is 2. The van der Waals surface area contributed by atoms with Crippen molar-refractivity contribution in [3.63, 3.8) is 0 Å². The number of carbonyl (C=O) groups excluding carboxylic acids is 2. The average Bonchev–Trinajstić information content (AvgIpc) is 3.73. The van der Waals surface area contributed by atoms with Gasteiger partial charge in [0.1, 0.15) is 5.75 Å². The quantitative estimate of drug-likeness (QED) is 0.351. The van der Waals surface area contributed by atoms with Crippen LogP contribution in [0.25, 0.3) is 22.2 Å². The zero-order valence-electron chi connectivity index (χ0n) is 27.7. The second kappa shape index (κ2) is 11.5. The molecule has 6 aliphatic rings. The molecule has 0 radical (unpaired) electrons. The Hall–Kier alpha value is -3.58. The molecule has 5 fully saturated rings. The van der Waals surface area contributed by atoms with Gasteiger partial charge in [-0.1, -0.05) is 25.3 Å². The third-order valence-corrected chi connectivity index (χ3v) is 13.1. The minimum absolute atomic E-state index is 0.0311. The van der Waals surface area contributed by atoms with Crippen molar-refractivity contribution >= 4 is 32.7 Å². The molecule has 1 aromatic heterocycles. The Labute approximate surface area is 283 Å². The van der Waals surface area contributed by atoms with Crippen molar-refractivity contribution in [3.8, 4) is 17.0 Å². The number of ether oxygens (including phenoxy) is 1. The number of amides is 2. The fourth-order valence-electron chi connectivity index (χ4n) is 9.45. The van der Waals surface area contributed by atoms with E-state index in [1.54, 1.807) is 24.0 Å². The number of carbonyl (C=O) groups is 2. The number of piperazine rings is 1. The monoisotopic (exact) mass is 698 g/mol. The SMILES string of the molecule is COc1ccc2c(c1)C1CC1(C(=O)N1CC3CCC1CN3C)Cn1c-2c(C2CCCCC2)c2ccc(C(=O)NS(=O)(=O)CC(F)(F)F)cc21. The predicted molar refractivity (Wildman–Crippen MR) is 178 cm³/mol. The van der Waals surface area contributed by atoms with E-state index in [4.69, 9.17) is 4.74 Å². The van der Waals surface area contributed by atoms with Crippen LogP contribution in [0.5, 0.6) is 5.75 Å². The summed E-state index contributed by atoms with van der Waals surface area (Å²) in [7, 11) is -1.20. The Morgan fingerprint density at radius 3 is 2.43 bits per heavy atom. The number of rotatable bonds is 6. The molecule has 3 aromatic rings. The highest BCUT2D eigenvalue weighted by atomic mass is 32.2. The Kier molecular flexibility index (Phi) is 7.64. The highest BCUT2D eigenvalue weighted by Gasteiger charge is 2.65. The van der Waals surface area contributed by atoms with Crippen LogP contribution in [0.2, 0.25) is 0 Å². The summed E-state index contributed by atoms with van der Waals surface area (Å²) in [6.07, 6.45) is 3.03. The molecule has 9 rings (SSSR count). The van der Waals surface area contributed by atoms with Gasteiger partial charge in [0.2, 0.25) is 15.9 Å². The van der Waals surface area contributed by atoms with Crippen LogP contribution in [0, 0.1) is 5.41 Å². The maximum Gasteiger partial charge on any atom is 0.404 e. The summed E-state index contributed by atoms with van der Waals surface area (Å²) in [5.74, 6) is -2.20. The number of methoxy groups -OCH3 is 1. The van der Waals surface area contributed by atoms with Gasteiger partial charge in [-0.05, 0) is 86.5 Å². The van der Waals surface area contributed by atoms with Crippen LogP contribution in [0.4, 0.5) is 13.2 Å². The molecule has 262 valence electrons. The molecule has 49 heavy (non-hydrogen) atoms. The number of nitrogens with zero attached hydrogens (tertiary/aromatic N) is 3. The number of piperidine rings is 2. The fraction of sp³-hybridized carbons (Fsp3) is 0.556. The van der Waals surface area contributed by atoms with E-state index in [-0.39, 0.29) is 29.3 Å². The minimum Gasteiger partial charge on any atom is -0.497 e. The maximum atomic E-state index is 14.9. The molecule has 2 aliphatic carbocycles. The van der Waals surface area contributed by atoms with E-state index in [2.05, 4.69) is 33.5 Å². The lowest BCUT2D eigenvalue weighted by atomic mass is 9.81. The van der Waals surface area contributed by atoms with E-state index in [9.17, 15) is 31.2 Å². The molecule has 9 nitrogen and oxygen atoms in total. The van der Waals surface area contributed by atoms with Crippen molar-refractivity contribution in [2.75, 3.05) is 33.0 Å². The molecule has 4 atom stereocenters. The first-order chi connectivity index (χ1) is 23.3. The summed E-state index contributed by atoms with van der Waals surface area (Å²) in [5.41, 5.74) is 4.15. The third-order valence-electron chi connectivity index (χ3n) is 11.9. The molecule has 5 heterocycles. The average molecular weight is 699 g/mol. The molecular formula is C36H41F3N4O5S. The van der Waals surface area contributed by atoms with Crippen molar-refractivity contribution < 1.29 is 35.9 Å². The van der Waals surface area contributed by atoms with Gasteiger partial charge in [-0.2, -0.15) is 13.2 Å². The molecule has 2 saturated carbocycles. The molecule has 2 amide bonds. The molecule has 2 aromatic carbocycles. The van der Waals surface area contributed by atoms with E-state index < -0.39 is 33.3 Å². The summed E-state index contributed by atoms with van der Waals surface area (Å²) in [6, 6.07) is 11.4. The standard InChI is InChI=1S/C36H41F3N4O5S/c1-41-17-24-10-9-23(41)18-42(24)34(45)35-16-29(35)28-15-25(48-2)11-13-26(28)32-31(21-6-4-3-5-7-21)27-12-8-22(14-30(27)43(32)19-35)33(44)40-49(46,47)20-36(37,38)39/h8,11-15,21,23-24,29H,3-7,9-10,16-20H2,1-2H3,(H,40,44). The van der Waals surface area contributed by atoms with Crippen LogP contribution < -0.4 is 9.46 Å². The molecule has 2 bridgehead atoms. The van der Waals surface area contributed by atoms with Crippen LogP contribution in [0.3, 0.4) is 0 Å². The van der Waals surface area contributed by atoms with Crippen molar-refractivity contribution in [1.29, 1.82) is 0 Å². The van der Waals surface area contributed by atoms with Gasteiger partial charge in [0.25, 0.3) is 5.91 Å². The summed E-state index contributed by atoms with van der Waals surface area (Å²) in [5, 5.41) is 0.915. The van der Waals surface area contributed by atoms with Crippen molar-refractivity contribution in [2.24, 2.45) is 5.41 Å². The van der Waals surface area contributed by atoms with Crippen LogP contribution in [-0.2, 0) is 21.4 Å². The van der Waals surface area contributed by atoms with Gasteiger partial charge in [0.05, 0.1) is 18.2 Å². The summed E-state index contributed by atoms with van der Waals surface area (Å²) in [6.45, 7) is 1.93. The Balaban J connectivity index is 1.29. The van der Waals surface area contributed by atoms with E-state index in [1.165, 1.54) is 6.07 Å². The van der Waals surface area contributed by atoms with Crippen LogP contribution in [-0.4, -0.2) is 85.9 Å². The van der Waals surface area contributed by atoms with Gasteiger partial charge in [-0.25, -0.2) is 13.1 Å². The Bertz CT molecular complexity index is 1970. The maximum absolute atomic E-state index is 14.9. The second-order valence-electron chi connectivity index (χ2n) is 14.9. The molecule has 3 saturated heterocycles. The van der Waals surface area contributed by atoms with Crippen LogP contribution in [0.1, 0.15) is 84.7 Å². The van der Waals surface area contributed by atoms with E-state index in [0.717, 1.165) is 79.3 Å². The van der Waals surface area contributed by atoms with Gasteiger partial charge >= 0.3 is 6.18 Å². The fourth-order valence-corrected chi connectivity index (χ4v) is 10.4. The number of hydrogen-bond donors (Lipinski definition) is 1. The molecule has 13 heteroatoms. The highest BCUT2D eigenvalue weighted by molar-refractivity contribution is 7.90. The number of sulfonamides is 1. The summed E-state index contributed by atoms with van der Waals surface area (Å²) in [4.78, 5) is 32.5. The van der Waals surface area contributed by atoms with Gasteiger partial charge in [0.15, 0.2) is 5.75 Å². The van der Waals surface area contributed by atoms with E-state index in [1.807, 2.05) is 6.07 Å². The Morgan fingerprint density at radius 2 is 1.76 bits per heavy atom. The number of halogens is 3. The third kappa shape index (κ3) is 5.51. The normalized spacial score (nSPS) is 26.9. The lowest BCUT2D eigenvalue weighted by Crippen LogP contribution is -2.64. The van der Waals surface area contributed by atoms with E-state index >= 15 is 0 Å². The molecule has 1 N–H and O–H groups in total. The van der Waals surface area contributed by atoms with Gasteiger partial charge in [0, 0.05) is 59.7 Å². The summed E-state index contributed by atoms with van der Waals surface area (Å²) >= 11 is 0. The number of likely N-dealkylation sites (N-methyl/N-ethyl adjacent to an activating group) is 1. The van der Waals surface area contributed by atoms with E-state index in [0.29, 0.717) is 36.8 Å². The number of nitrogens with one attached hydrogen (secondary N) is 1. The zero-order valence-corrected chi connectivity index (χ0v) is 28.5. The number of aromatic nitrogens is 1. The number of hydrogen-bond acceptors (Lipinski definition) is 6. The summed E-state index contributed by atoms with van der Waals surface area (Å²) < 4.78 is 72.8. The number of alkyl halides is 3. The van der Waals surface area contributed by atoms with Crippen molar-refractivity contribution in [2.45, 2.75) is 88.0 Å². The predicted octanol–water partition coefficient (Wildman–Crippen LogP) is 5.78. The topological polar surface area (TPSA) is 101 Å². The Morgan fingerprint density at radius 1 is 1.00 bits per heavy atom. The molecule has 0 spiro atoms. The smallest absolute Gasteiger partial charge is 0.404 e. The second-order valence-corrected chi connectivity index (χ2v) is 16.6. The zero-order chi connectivity index (χ0) is 34.5. The first kappa shape index (κ1) is 32.6. The van der Waals surface area contributed by atoms with Crippen LogP contribution in [0.15, 0.2) is 36.4 Å². The highest BCUT2D eigenvalue weighted by Crippen LogP contribution is 2.66.